The van der Waals surface area contributed by atoms with Gasteiger partial charge in [0.05, 0.1) is 7.11 Å². The van der Waals surface area contributed by atoms with E-state index in [1.54, 1.807) is 7.11 Å². The van der Waals surface area contributed by atoms with Crippen LogP contribution in [0.2, 0.25) is 6.04 Å². The first-order valence-electron chi connectivity index (χ1n) is 2.67. The lowest BCUT2D eigenvalue weighted by atomic mass is 10.6. The first-order chi connectivity index (χ1) is 3.41. The monoisotopic (exact) mass is 119 g/mol. The Morgan fingerprint density at radius 1 is 1.71 bits per heavy atom. The summed E-state index contributed by atoms with van der Waals surface area (Å²) in [5.41, 5.74) is 0. The highest BCUT2D eigenvalue weighted by Crippen LogP contribution is 1.80. The molecule has 0 unspecified atom stereocenters. The number of nitrogens with one attached hydrogen (secondary N) is 1. The molecule has 0 aromatic carbocycles. The van der Waals surface area contributed by atoms with Gasteiger partial charge in [0.15, 0.2) is 0 Å². The van der Waals surface area contributed by atoms with Crippen LogP contribution in [-0.2, 0) is 4.84 Å². The SMILES string of the molecule is CCC[SiH2]NOC. The first-order valence-corrected chi connectivity index (χ1v) is 4.38. The molecule has 7 heavy (non-hydrogen) atoms. The second-order valence-corrected chi connectivity index (χ2v) is 2.95. The smallest absolute Gasteiger partial charge is 0.125 e. The Balaban J connectivity index is 2.45. The Hall–Kier alpha value is 0.137. The minimum Gasteiger partial charge on any atom is -0.313 e. The molecule has 1 N–H and O–H groups in total. The Kier molecular flexibility index (Phi) is 6.26. The molecule has 0 rings (SSSR count). The average molecular weight is 119 g/mol. The van der Waals surface area contributed by atoms with Crippen molar-refractivity contribution in [2.75, 3.05) is 7.11 Å². The molecule has 3 heteroatoms. The van der Waals surface area contributed by atoms with E-state index in [-0.39, 0.29) is 9.68 Å². The zero-order valence-electron chi connectivity index (χ0n) is 5.03. The molecule has 0 fully saturated rings. The molecule has 0 radical (unpaired) electrons. The van der Waals surface area contributed by atoms with Crippen LogP contribution in [-0.4, -0.2) is 16.8 Å². The maximum atomic E-state index is 4.66. The minimum absolute atomic E-state index is 0.0610. The molecule has 0 saturated heterocycles. The normalized spacial score (nSPS) is 11.1. The van der Waals surface area contributed by atoms with Crippen LogP contribution in [0.25, 0.3) is 0 Å². The van der Waals surface area contributed by atoms with Crippen LogP contribution in [0.4, 0.5) is 0 Å². The second kappa shape index (κ2) is 6.14. The van der Waals surface area contributed by atoms with Crippen molar-refractivity contribution in [2.24, 2.45) is 0 Å². The summed E-state index contributed by atoms with van der Waals surface area (Å²) in [6.07, 6.45) is 1.28. The van der Waals surface area contributed by atoms with E-state index in [9.17, 15) is 0 Å². The fourth-order valence-corrected chi connectivity index (χ4v) is 1.05. The largest absolute Gasteiger partial charge is 0.313 e. The lowest BCUT2D eigenvalue weighted by Crippen LogP contribution is -2.16. The van der Waals surface area contributed by atoms with Gasteiger partial charge in [0, 0.05) is 0 Å². The Morgan fingerprint density at radius 3 is 2.86 bits per heavy atom. The molecule has 0 aromatic rings. The van der Waals surface area contributed by atoms with E-state index in [0.717, 1.165) is 0 Å². The van der Waals surface area contributed by atoms with Gasteiger partial charge in [0.1, 0.15) is 9.68 Å². The molecule has 0 spiro atoms. The topological polar surface area (TPSA) is 21.3 Å². The molecular weight excluding hydrogens is 106 g/mol. The van der Waals surface area contributed by atoms with Gasteiger partial charge in [-0.1, -0.05) is 13.3 Å². The van der Waals surface area contributed by atoms with Crippen LogP contribution in [0.3, 0.4) is 0 Å². The van der Waals surface area contributed by atoms with Crippen molar-refractivity contribution < 1.29 is 4.84 Å². The quantitative estimate of drug-likeness (QED) is 0.321. The molecule has 0 saturated carbocycles. The maximum Gasteiger partial charge on any atom is 0.125 e. The van der Waals surface area contributed by atoms with Gasteiger partial charge >= 0.3 is 0 Å². The minimum atomic E-state index is -0.0610. The fraction of sp³-hybridized carbons (Fsp3) is 1.00. The lowest BCUT2D eigenvalue weighted by Gasteiger charge is -1.94. The summed E-state index contributed by atoms with van der Waals surface area (Å²) in [5.74, 6) is 0. The first kappa shape index (κ1) is 7.14. The summed E-state index contributed by atoms with van der Waals surface area (Å²) in [6.45, 7) is 2.18. The summed E-state index contributed by atoms with van der Waals surface area (Å²) < 4.78 is 0. The third-order valence-electron chi connectivity index (χ3n) is 0.777. The maximum absolute atomic E-state index is 4.66. The fourth-order valence-electron chi connectivity index (χ4n) is 0.351. The molecule has 0 aliphatic rings. The van der Waals surface area contributed by atoms with Crippen LogP contribution in [0.5, 0.6) is 0 Å². The van der Waals surface area contributed by atoms with Gasteiger partial charge in [-0.25, -0.2) is 5.15 Å². The van der Waals surface area contributed by atoms with Crippen molar-refractivity contribution in [3.63, 3.8) is 0 Å². The third kappa shape index (κ3) is 6.14. The summed E-state index contributed by atoms with van der Waals surface area (Å²) in [5, 5.41) is 2.89. The zero-order valence-corrected chi connectivity index (χ0v) is 6.44. The van der Waals surface area contributed by atoms with Gasteiger partial charge in [0.2, 0.25) is 0 Å². The highest BCUT2D eigenvalue weighted by atomic mass is 28.2. The molecular formula is C4H13NOSi. The second-order valence-electron chi connectivity index (χ2n) is 1.45. The molecule has 0 bridgehead atoms. The summed E-state index contributed by atoms with van der Waals surface area (Å²) in [4.78, 5) is 4.66. The van der Waals surface area contributed by atoms with Gasteiger partial charge in [-0.2, -0.15) is 0 Å². The zero-order chi connectivity index (χ0) is 5.54. The molecule has 0 aliphatic heterocycles. The number of hydrogen-bond donors (Lipinski definition) is 1. The highest BCUT2D eigenvalue weighted by Gasteiger charge is 1.79. The van der Waals surface area contributed by atoms with Crippen molar-refractivity contribution in [3.8, 4) is 0 Å². The van der Waals surface area contributed by atoms with Gasteiger partial charge in [0.25, 0.3) is 0 Å². The molecule has 2 nitrogen and oxygen atoms in total. The lowest BCUT2D eigenvalue weighted by molar-refractivity contribution is 0.153. The number of rotatable bonds is 4. The van der Waals surface area contributed by atoms with E-state index in [1.807, 2.05) is 0 Å². The summed E-state index contributed by atoms with van der Waals surface area (Å²) in [7, 11) is 1.61. The van der Waals surface area contributed by atoms with E-state index >= 15 is 0 Å². The number of hydrogen-bond acceptors (Lipinski definition) is 2. The van der Waals surface area contributed by atoms with E-state index in [4.69, 9.17) is 0 Å². The molecule has 0 heterocycles. The van der Waals surface area contributed by atoms with Crippen molar-refractivity contribution in [1.82, 2.24) is 5.15 Å². The molecule has 0 aliphatic carbocycles. The summed E-state index contributed by atoms with van der Waals surface area (Å²) in [6, 6.07) is 1.33. The average Bonchev–Trinajstić information content (AvgIpc) is 1.69. The van der Waals surface area contributed by atoms with Crippen LogP contribution in [0.1, 0.15) is 13.3 Å². The summed E-state index contributed by atoms with van der Waals surface area (Å²) >= 11 is 0. The molecule has 0 atom stereocenters. The van der Waals surface area contributed by atoms with Crippen molar-refractivity contribution >= 4 is 9.68 Å². The Morgan fingerprint density at radius 2 is 2.43 bits per heavy atom. The van der Waals surface area contributed by atoms with Crippen molar-refractivity contribution in [2.45, 2.75) is 19.4 Å². The Bertz CT molecular complexity index is 30.9. The van der Waals surface area contributed by atoms with Crippen LogP contribution in [0, 0.1) is 0 Å². The molecule has 0 aromatic heterocycles. The standard InChI is InChI=1S/C4H13NOSi/c1-3-4-7-5-6-2/h5H,3-4,7H2,1-2H3. The third-order valence-corrected chi connectivity index (χ3v) is 2.33. The van der Waals surface area contributed by atoms with E-state index in [1.165, 1.54) is 12.5 Å². The van der Waals surface area contributed by atoms with Crippen molar-refractivity contribution in [1.29, 1.82) is 0 Å². The predicted octanol–water partition coefficient (Wildman–Crippen LogP) is 0.0495. The van der Waals surface area contributed by atoms with Gasteiger partial charge in [-0.15, -0.1) is 0 Å². The molecule has 44 valence electrons. The van der Waals surface area contributed by atoms with E-state index in [2.05, 4.69) is 16.9 Å². The molecule has 0 amide bonds. The van der Waals surface area contributed by atoms with E-state index in [0.29, 0.717) is 0 Å². The van der Waals surface area contributed by atoms with Crippen molar-refractivity contribution in [3.05, 3.63) is 0 Å². The van der Waals surface area contributed by atoms with E-state index < -0.39 is 0 Å². The van der Waals surface area contributed by atoms with Gasteiger partial charge in [-0.3, -0.25) is 0 Å². The highest BCUT2D eigenvalue weighted by molar-refractivity contribution is 6.31. The van der Waals surface area contributed by atoms with Gasteiger partial charge < -0.3 is 4.84 Å². The predicted molar refractivity (Wildman–Crippen MR) is 33.8 cm³/mol. The Labute approximate surface area is 47.1 Å². The van der Waals surface area contributed by atoms with Crippen LogP contribution in [0.15, 0.2) is 0 Å². The van der Waals surface area contributed by atoms with Crippen LogP contribution < -0.4 is 5.15 Å². The van der Waals surface area contributed by atoms with Gasteiger partial charge in [-0.05, 0) is 6.04 Å². The van der Waals surface area contributed by atoms with Crippen LogP contribution >= 0.6 is 0 Å².